The molecule has 10 heteroatoms. The van der Waals surface area contributed by atoms with Crippen molar-refractivity contribution in [2.24, 2.45) is 0 Å². The second-order valence-electron chi connectivity index (χ2n) is 7.45. The van der Waals surface area contributed by atoms with Crippen LogP contribution >= 0.6 is 0 Å². The lowest BCUT2D eigenvalue weighted by molar-refractivity contribution is -0.137. The molecule has 2 amide bonds. The van der Waals surface area contributed by atoms with E-state index < -0.39 is 23.7 Å². The number of alkyl halides is 3. The molecule has 4 rings (SSSR count). The lowest BCUT2D eigenvalue weighted by Crippen LogP contribution is -2.32. The highest BCUT2D eigenvalue weighted by molar-refractivity contribution is 6.05. The SMILES string of the molecule is COCCCN1C(=O)[C@H](CC(=O)Nc2cccc(C(F)(F)F)c2)n2c1nc1ccccc12. The van der Waals surface area contributed by atoms with E-state index in [1.54, 1.807) is 11.7 Å². The van der Waals surface area contributed by atoms with Crippen LogP contribution in [0.1, 0.15) is 24.4 Å². The summed E-state index contributed by atoms with van der Waals surface area (Å²) < 4.78 is 45.6. The number of aromatic nitrogens is 2. The Labute approximate surface area is 181 Å². The normalized spacial score (nSPS) is 15.9. The molecule has 1 aromatic heterocycles. The Kier molecular flexibility index (Phi) is 5.88. The number of carbonyl (C=O) groups excluding carboxylic acids is 2. The number of hydrogen-bond donors (Lipinski definition) is 1. The first-order valence-corrected chi connectivity index (χ1v) is 10.0. The molecule has 1 aliphatic heterocycles. The van der Waals surface area contributed by atoms with E-state index in [-0.39, 0.29) is 18.0 Å². The fourth-order valence-corrected chi connectivity index (χ4v) is 3.84. The first-order valence-electron chi connectivity index (χ1n) is 10.0. The summed E-state index contributed by atoms with van der Waals surface area (Å²) in [5.74, 6) is -0.400. The zero-order valence-electron chi connectivity index (χ0n) is 17.2. The summed E-state index contributed by atoms with van der Waals surface area (Å²) in [7, 11) is 1.57. The van der Waals surface area contributed by atoms with E-state index in [2.05, 4.69) is 10.3 Å². The number of amides is 2. The highest BCUT2D eigenvalue weighted by atomic mass is 19.4. The summed E-state index contributed by atoms with van der Waals surface area (Å²) >= 11 is 0. The topological polar surface area (TPSA) is 76.5 Å². The van der Waals surface area contributed by atoms with Crippen molar-refractivity contribution in [1.29, 1.82) is 0 Å². The monoisotopic (exact) mass is 446 g/mol. The van der Waals surface area contributed by atoms with Crippen LogP contribution in [-0.4, -0.2) is 41.6 Å². The van der Waals surface area contributed by atoms with Crippen LogP contribution in [0.5, 0.6) is 0 Å². The largest absolute Gasteiger partial charge is 0.416 e. The van der Waals surface area contributed by atoms with Crippen molar-refractivity contribution in [3.63, 3.8) is 0 Å². The number of rotatable bonds is 7. The molecule has 0 radical (unpaired) electrons. The van der Waals surface area contributed by atoms with E-state index in [0.29, 0.717) is 36.6 Å². The number of carbonyl (C=O) groups is 2. The zero-order chi connectivity index (χ0) is 22.9. The summed E-state index contributed by atoms with van der Waals surface area (Å²) in [6, 6.07) is 10.8. The maximum absolute atomic E-state index is 13.1. The van der Waals surface area contributed by atoms with E-state index in [1.165, 1.54) is 17.0 Å². The van der Waals surface area contributed by atoms with Gasteiger partial charge in [-0.2, -0.15) is 13.2 Å². The molecule has 1 N–H and O–H groups in total. The molecule has 1 atom stereocenters. The number of imidazole rings is 1. The molecule has 0 bridgehead atoms. The summed E-state index contributed by atoms with van der Waals surface area (Å²) in [6.45, 7) is 0.840. The number of fused-ring (bicyclic) bond motifs is 3. The van der Waals surface area contributed by atoms with E-state index in [0.717, 1.165) is 12.1 Å². The summed E-state index contributed by atoms with van der Waals surface area (Å²) in [6.07, 6.45) is -4.16. The molecule has 0 aliphatic carbocycles. The van der Waals surface area contributed by atoms with Gasteiger partial charge in [-0.15, -0.1) is 0 Å². The number of methoxy groups -OCH3 is 1. The van der Waals surface area contributed by atoms with Crippen molar-refractivity contribution in [1.82, 2.24) is 9.55 Å². The molecule has 7 nitrogen and oxygen atoms in total. The molecule has 3 aromatic rings. The maximum Gasteiger partial charge on any atom is 0.416 e. The lowest BCUT2D eigenvalue weighted by Gasteiger charge is -2.16. The minimum absolute atomic E-state index is 0.0166. The van der Waals surface area contributed by atoms with Gasteiger partial charge in [0.2, 0.25) is 11.9 Å². The molecule has 0 spiro atoms. The fraction of sp³-hybridized carbons (Fsp3) is 0.318. The van der Waals surface area contributed by atoms with E-state index in [1.807, 2.05) is 24.3 Å². The Hall–Kier alpha value is -3.40. The average Bonchev–Trinajstić information content (AvgIpc) is 3.24. The van der Waals surface area contributed by atoms with Crippen LogP contribution in [0.3, 0.4) is 0 Å². The quantitative estimate of drug-likeness (QED) is 0.557. The molecule has 2 heterocycles. The second kappa shape index (κ2) is 8.62. The molecule has 32 heavy (non-hydrogen) atoms. The van der Waals surface area contributed by atoms with Crippen molar-refractivity contribution in [2.45, 2.75) is 25.1 Å². The van der Waals surface area contributed by atoms with Crippen LogP contribution in [0.15, 0.2) is 48.5 Å². The van der Waals surface area contributed by atoms with Gasteiger partial charge < -0.3 is 10.1 Å². The van der Waals surface area contributed by atoms with Crippen LogP contribution in [0, 0.1) is 0 Å². The van der Waals surface area contributed by atoms with Crippen LogP contribution in [0.2, 0.25) is 0 Å². The Bertz CT molecular complexity index is 1160. The number of benzene rings is 2. The first kappa shape index (κ1) is 21.8. The van der Waals surface area contributed by atoms with Gasteiger partial charge in [0, 0.05) is 25.9 Å². The molecule has 0 fully saturated rings. The maximum atomic E-state index is 13.1. The van der Waals surface area contributed by atoms with E-state index in [9.17, 15) is 22.8 Å². The molecule has 0 saturated carbocycles. The number of halogens is 3. The van der Waals surface area contributed by atoms with Crippen molar-refractivity contribution < 1.29 is 27.5 Å². The van der Waals surface area contributed by atoms with Crippen molar-refractivity contribution >= 4 is 34.5 Å². The number of anilines is 2. The first-order chi connectivity index (χ1) is 15.3. The Morgan fingerprint density at radius 3 is 2.72 bits per heavy atom. The van der Waals surface area contributed by atoms with Crippen molar-refractivity contribution in [3.8, 4) is 0 Å². The summed E-state index contributed by atoms with van der Waals surface area (Å²) in [4.78, 5) is 31.9. The minimum Gasteiger partial charge on any atom is -0.385 e. The number of para-hydroxylation sites is 2. The summed E-state index contributed by atoms with van der Waals surface area (Å²) in [5.41, 5.74) is 0.555. The molecule has 2 aromatic carbocycles. The van der Waals surface area contributed by atoms with Crippen LogP contribution in [-0.2, 0) is 20.5 Å². The van der Waals surface area contributed by atoms with Gasteiger partial charge in [0.1, 0.15) is 6.04 Å². The van der Waals surface area contributed by atoms with Gasteiger partial charge in [-0.25, -0.2) is 4.98 Å². The average molecular weight is 446 g/mol. The fourth-order valence-electron chi connectivity index (χ4n) is 3.84. The lowest BCUT2D eigenvalue weighted by atomic mass is 10.1. The van der Waals surface area contributed by atoms with Crippen LogP contribution in [0.25, 0.3) is 11.0 Å². The number of nitrogens with zero attached hydrogens (tertiary/aromatic N) is 3. The molecular formula is C22H21F3N4O3. The van der Waals surface area contributed by atoms with Crippen molar-refractivity contribution in [2.75, 3.05) is 30.5 Å². The minimum atomic E-state index is -4.52. The third-order valence-corrected chi connectivity index (χ3v) is 5.26. The zero-order valence-corrected chi connectivity index (χ0v) is 17.2. The van der Waals surface area contributed by atoms with Gasteiger partial charge in [-0.3, -0.25) is 19.1 Å². The van der Waals surface area contributed by atoms with Gasteiger partial charge in [0.15, 0.2) is 0 Å². The summed E-state index contributed by atoms with van der Waals surface area (Å²) in [5, 5.41) is 2.48. The van der Waals surface area contributed by atoms with Crippen LogP contribution < -0.4 is 10.2 Å². The Morgan fingerprint density at radius 1 is 1.19 bits per heavy atom. The third-order valence-electron chi connectivity index (χ3n) is 5.26. The van der Waals surface area contributed by atoms with E-state index in [4.69, 9.17) is 4.74 Å². The van der Waals surface area contributed by atoms with Gasteiger partial charge in [-0.05, 0) is 36.8 Å². The molecular weight excluding hydrogens is 425 g/mol. The van der Waals surface area contributed by atoms with Gasteiger partial charge in [-0.1, -0.05) is 18.2 Å². The third kappa shape index (κ3) is 4.18. The van der Waals surface area contributed by atoms with Crippen molar-refractivity contribution in [3.05, 3.63) is 54.1 Å². The number of hydrogen-bond acceptors (Lipinski definition) is 4. The highest BCUT2D eigenvalue weighted by Crippen LogP contribution is 2.37. The Balaban J connectivity index is 1.58. The standard InChI is InChI=1S/C22H21F3N4O3/c1-32-11-5-10-28-20(31)18(29-17-9-3-2-8-16(17)27-21(28)29)13-19(30)26-15-7-4-6-14(12-15)22(23,24)25/h2-4,6-9,12,18H,5,10-11,13H2,1H3,(H,26,30)/t18-/m0/s1. The molecule has 0 unspecified atom stereocenters. The van der Waals surface area contributed by atoms with Gasteiger partial charge in [0.05, 0.1) is 23.0 Å². The Morgan fingerprint density at radius 2 is 1.97 bits per heavy atom. The smallest absolute Gasteiger partial charge is 0.385 e. The highest BCUT2D eigenvalue weighted by Gasteiger charge is 2.40. The molecule has 168 valence electrons. The second-order valence-corrected chi connectivity index (χ2v) is 7.45. The van der Waals surface area contributed by atoms with E-state index >= 15 is 0 Å². The predicted molar refractivity (Wildman–Crippen MR) is 112 cm³/mol. The van der Waals surface area contributed by atoms with Crippen LogP contribution in [0.4, 0.5) is 24.8 Å². The van der Waals surface area contributed by atoms with Gasteiger partial charge in [0.25, 0.3) is 5.91 Å². The number of ether oxygens (including phenoxy) is 1. The number of nitrogens with one attached hydrogen (secondary N) is 1. The predicted octanol–water partition coefficient (Wildman–Crippen LogP) is 4.01. The van der Waals surface area contributed by atoms with Gasteiger partial charge >= 0.3 is 6.18 Å². The molecule has 1 aliphatic rings. The molecule has 0 saturated heterocycles.